The lowest BCUT2D eigenvalue weighted by Gasteiger charge is -2.24. The Morgan fingerprint density at radius 3 is 2.52 bits per heavy atom. The van der Waals surface area contributed by atoms with Gasteiger partial charge in [0.25, 0.3) is 0 Å². The third-order valence-electron chi connectivity index (χ3n) is 4.42. The Bertz CT molecular complexity index is 904. The number of hydrogen-bond acceptors (Lipinski definition) is 6. The Morgan fingerprint density at radius 2 is 1.96 bits per heavy atom. The number of sulfonamides is 1. The van der Waals surface area contributed by atoms with Crippen molar-refractivity contribution in [1.29, 1.82) is 0 Å². The summed E-state index contributed by atoms with van der Waals surface area (Å²) in [6, 6.07) is 13.1. The van der Waals surface area contributed by atoms with Gasteiger partial charge in [0.1, 0.15) is 10.1 Å². The first-order valence-electron chi connectivity index (χ1n) is 8.45. The van der Waals surface area contributed by atoms with Crippen LogP contribution in [0.4, 0.5) is 0 Å². The number of hydrogen-bond donors (Lipinski definition) is 2. The van der Waals surface area contributed by atoms with E-state index in [0.29, 0.717) is 0 Å². The zero-order valence-corrected chi connectivity index (χ0v) is 16.7. The van der Waals surface area contributed by atoms with Gasteiger partial charge in [-0.15, -0.1) is 0 Å². The van der Waals surface area contributed by atoms with Gasteiger partial charge < -0.3 is 4.90 Å². The molecule has 3 N–H and O–H groups in total. The molecular weight excluding hydrogens is 384 g/mol. The van der Waals surface area contributed by atoms with Crippen LogP contribution in [0.1, 0.15) is 12.5 Å². The van der Waals surface area contributed by atoms with Gasteiger partial charge in [0.05, 0.1) is 12.1 Å². The SMILES string of the molecule is C[C@@H]1N[C@H](N(C)C(=O)Cc2ccc(-c3ccccn3)cc2)S[C@H]1S(N)(=O)=O. The third-order valence-corrected chi connectivity index (χ3v) is 8.00. The number of likely N-dealkylation sites (N-methyl/N-ethyl adjacent to an activating group) is 1. The molecule has 0 spiro atoms. The summed E-state index contributed by atoms with van der Waals surface area (Å²) in [4.78, 5) is 18.4. The molecule has 2 aromatic rings. The summed E-state index contributed by atoms with van der Waals surface area (Å²) in [6.45, 7) is 1.75. The highest BCUT2D eigenvalue weighted by Crippen LogP contribution is 2.31. The number of rotatable bonds is 5. The van der Waals surface area contributed by atoms with E-state index in [1.807, 2.05) is 42.5 Å². The van der Waals surface area contributed by atoms with Crippen LogP contribution in [0, 0.1) is 0 Å². The molecule has 1 aliphatic rings. The lowest BCUT2D eigenvalue weighted by molar-refractivity contribution is -0.130. The summed E-state index contributed by atoms with van der Waals surface area (Å²) in [6.07, 6.45) is 1.97. The number of primary sulfonamides is 1. The summed E-state index contributed by atoms with van der Waals surface area (Å²) >= 11 is 1.15. The number of carbonyl (C=O) groups excluding carboxylic acids is 1. The second-order valence-corrected chi connectivity index (χ2v) is 9.71. The molecule has 0 unspecified atom stereocenters. The van der Waals surface area contributed by atoms with Crippen molar-refractivity contribution in [2.45, 2.75) is 29.5 Å². The quantitative estimate of drug-likeness (QED) is 0.777. The van der Waals surface area contributed by atoms with E-state index in [1.54, 1.807) is 20.2 Å². The molecule has 1 saturated heterocycles. The number of benzene rings is 1. The smallest absolute Gasteiger partial charge is 0.228 e. The van der Waals surface area contributed by atoms with E-state index in [0.717, 1.165) is 28.6 Å². The van der Waals surface area contributed by atoms with Crippen LogP contribution >= 0.6 is 11.8 Å². The number of pyridine rings is 1. The fourth-order valence-corrected chi connectivity index (χ4v) is 5.65. The van der Waals surface area contributed by atoms with Gasteiger partial charge in [-0.1, -0.05) is 42.1 Å². The van der Waals surface area contributed by atoms with Crippen molar-refractivity contribution in [3.8, 4) is 11.3 Å². The predicted molar refractivity (Wildman–Crippen MR) is 107 cm³/mol. The monoisotopic (exact) mass is 406 g/mol. The largest absolute Gasteiger partial charge is 0.321 e. The molecule has 1 aromatic carbocycles. The fraction of sp³-hybridized carbons (Fsp3) is 0.333. The van der Waals surface area contributed by atoms with Crippen molar-refractivity contribution in [3.63, 3.8) is 0 Å². The van der Waals surface area contributed by atoms with Crippen molar-refractivity contribution in [1.82, 2.24) is 15.2 Å². The maximum atomic E-state index is 12.6. The molecule has 0 radical (unpaired) electrons. The minimum absolute atomic E-state index is 0.104. The zero-order chi connectivity index (χ0) is 19.6. The second kappa shape index (κ2) is 7.97. The Morgan fingerprint density at radius 1 is 1.26 bits per heavy atom. The van der Waals surface area contributed by atoms with E-state index in [9.17, 15) is 13.2 Å². The predicted octanol–water partition coefficient (Wildman–Crippen LogP) is 1.37. The topological polar surface area (TPSA) is 105 Å². The van der Waals surface area contributed by atoms with Crippen LogP contribution in [0.2, 0.25) is 0 Å². The number of aromatic nitrogens is 1. The van der Waals surface area contributed by atoms with Crippen LogP contribution < -0.4 is 10.5 Å². The molecule has 144 valence electrons. The zero-order valence-electron chi connectivity index (χ0n) is 15.1. The van der Waals surface area contributed by atoms with Crippen LogP contribution in [0.5, 0.6) is 0 Å². The van der Waals surface area contributed by atoms with Crippen LogP contribution in [0.3, 0.4) is 0 Å². The number of nitrogens with one attached hydrogen (secondary N) is 1. The number of nitrogens with zero attached hydrogens (tertiary/aromatic N) is 2. The van der Waals surface area contributed by atoms with Crippen molar-refractivity contribution in [3.05, 3.63) is 54.2 Å². The number of thioether (sulfide) groups is 1. The first-order chi connectivity index (χ1) is 12.8. The van der Waals surface area contributed by atoms with Crippen molar-refractivity contribution < 1.29 is 13.2 Å². The van der Waals surface area contributed by atoms with Crippen molar-refractivity contribution >= 4 is 27.7 Å². The average Bonchev–Trinajstić information content (AvgIpc) is 3.04. The van der Waals surface area contributed by atoms with E-state index >= 15 is 0 Å². The lowest BCUT2D eigenvalue weighted by Crippen LogP contribution is -2.44. The standard InChI is InChI=1S/C18H22N4O3S2/c1-12-17(27(19,24)25)26-18(21-12)22(2)16(23)11-13-6-8-14(9-7-13)15-5-3-4-10-20-15/h3-10,12,17-18,21H,11H2,1-2H3,(H2,19,24,25)/t12-,17-,18+/m0/s1. The summed E-state index contributed by atoms with van der Waals surface area (Å²) in [5.41, 5.74) is 2.31. The van der Waals surface area contributed by atoms with E-state index < -0.39 is 20.1 Å². The highest BCUT2D eigenvalue weighted by atomic mass is 32.3. The van der Waals surface area contributed by atoms with Gasteiger partial charge in [-0.2, -0.15) is 0 Å². The molecule has 7 nitrogen and oxygen atoms in total. The summed E-state index contributed by atoms with van der Waals surface area (Å²) in [5.74, 6) is -0.104. The summed E-state index contributed by atoms with van der Waals surface area (Å²) < 4.78 is 22.5. The molecule has 0 saturated carbocycles. The Kier molecular flexibility index (Phi) is 5.85. The Hall–Kier alpha value is -1.94. The third kappa shape index (κ3) is 4.67. The molecule has 1 amide bonds. The highest BCUT2D eigenvalue weighted by molar-refractivity contribution is 8.13. The first kappa shape index (κ1) is 19.8. The second-order valence-electron chi connectivity index (χ2n) is 6.49. The molecule has 3 rings (SSSR count). The molecular formula is C18H22N4O3S2. The van der Waals surface area contributed by atoms with Gasteiger partial charge in [0.15, 0.2) is 0 Å². The molecule has 1 fully saturated rings. The lowest BCUT2D eigenvalue weighted by atomic mass is 10.1. The van der Waals surface area contributed by atoms with E-state index in [-0.39, 0.29) is 18.4 Å². The maximum absolute atomic E-state index is 12.6. The van der Waals surface area contributed by atoms with Crippen molar-refractivity contribution in [2.75, 3.05) is 7.05 Å². The Balaban J connectivity index is 1.63. The van der Waals surface area contributed by atoms with E-state index in [2.05, 4.69) is 10.3 Å². The fourth-order valence-electron chi connectivity index (χ4n) is 2.91. The first-order valence-corrected chi connectivity index (χ1v) is 11.0. The van der Waals surface area contributed by atoms with Gasteiger partial charge in [-0.3, -0.25) is 15.1 Å². The number of nitrogens with two attached hydrogens (primary N) is 1. The molecule has 1 aliphatic heterocycles. The van der Waals surface area contributed by atoms with Gasteiger partial charge in [-0.25, -0.2) is 13.6 Å². The number of carbonyl (C=O) groups is 1. The number of amides is 1. The van der Waals surface area contributed by atoms with Crippen LogP contribution in [0.25, 0.3) is 11.3 Å². The Labute approximate surface area is 163 Å². The molecule has 1 aromatic heterocycles. The molecule has 27 heavy (non-hydrogen) atoms. The minimum Gasteiger partial charge on any atom is -0.321 e. The van der Waals surface area contributed by atoms with Crippen LogP contribution in [0.15, 0.2) is 48.7 Å². The maximum Gasteiger partial charge on any atom is 0.228 e. The molecule has 0 bridgehead atoms. The van der Waals surface area contributed by atoms with E-state index in [4.69, 9.17) is 5.14 Å². The van der Waals surface area contributed by atoms with Crippen LogP contribution in [-0.2, 0) is 21.2 Å². The summed E-state index contributed by atoms with van der Waals surface area (Å²) in [5, 5.41) is 8.37. The van der Waals surface area contributed by atoms with Crippen molar-refractivity contribution in [2.24, 2.45) is 5.14 Å². The van der Waals surface area contributed by atoms with Crippen LogP contribution in [-0.4, -0.2) is 47.4 Å². The average molecular weight is 407 g/mol. The van der Waals surface area contributed by atoms with Gasteiger partial charge in [0, 0.05) is 24.8 Å². The molecule has 2 heterocycles. The van der Waals surface area contributed by atoms with Gasteiger partial charge >= 0.3 is 0 Å². The molecule has 3 atom stereocenters. The molecule has 9 heteroatoms. The van der Waals surface area contributed by atoms with Gasteiger partial charge in [0.2, 0.25) is 15.9 Å². The highest BCUT2D eigenvalue weighted by Gasteiger charge is 2.41. The molecule has 0 aliphatic carbocycles. The minimum atomic E-state index is -3.68. The summed E-state index contributed by atoms with van der Waals surface area (Å²) in [7, 11) is -2.02. The normalized spacial score (nSPS) is 22.6. The van der Waals surface area contributed by atoms with Gasteiger partial charge in [-0.05, 0) is 24.6 Å². The van der Waals surface area contributed by atoms with E-state index in [1.165, 1.54) is 4.90 Å².